The van der Waals surface area contributed by atoms with Crippen LogP contribution in [0.25, 0.3) is 0 Å². The van der Waals surface area contributed by atoms with Gasteiger partial charge in [0.05, 0.1) is 19.0 Å². The molecule has 2 aromatic carbocycles. The van der Waals surface area contributed by atoms with E-state index < -0.39 is 0 Å². The van der Waals surface area contributed by atoms with Crippen LogP contribution in [0.15, 0.2) is 48.5 Å². The quantitative estimate of drug-likeness (QED) is 0.899. The van der Waals surface area contributed by atoms with Crippen LogP contribution < -0.4 is 4.90 Å². The lowest BCUT2D eigenvalue weighted by molar-refractivity contribution is -0.921. The van der Waals surface area contributed by atoms with Crippen LogP contribution in [0.5, 0.6) is 0 Å². The van der Waals surface area contributed by atoms with E-state index in [4.69, 9.17) is 0 Å². The van der Waals surface area contributed by atoms with Crippen LogP contribution >= 0.6 is 0 Å². The third-order valence-electron chi connectivity index (χ3n) is 5.78. The van der Waals surface area contributed by atoms with Crippen LogP contribution in [0.2, 0.25) is 0 Å². The van der Waals surface area contributed by atoms with Gasteiger partial charge in [-0.2, -0.15) is 0 Å². The van der Waals surface area contributed by atoms with Crippen molar-refractivity contribution in [2.24, 2.45) is 5.92 Å². The fourth-order valence-electron chi connectivity index (χ4n) is 4.36. The highest BCUT2D eigenvalue weighted by molar-refractivity contribution is 5.79. The summed E-state index contributed by atoms with van der Waals surface area (Å²) in [5, 5.41) is 0. The van der Waals surface area contributed by atoms with Gasteiger partial charge in [0.2, 0.25) is 5.91 Å². The van der Waals surface area contributed by atoms with Gasteiger partial charge < -0.3 is 9.80 Å². The van der Waals surface area contributed by atoms with E-state index in [0.29, 0.717) is 5.91 Å². The minimum absolute atomic E-state index is 0.115. The predicted octanol–water partition coefficient (Wildman–Crippen LogP) is 2.21. The zero-order valence-corrected chi connectivity index (χ0v) is 15.1. The molecule has 3 nitrogen and oxygen atoms in total. The van der Waals surface area contributed by atoms with E-state index in [-0.39, 0.29) is 11.7 Å². The Labute approximate surface area is 154 Å². The number of halogens is 1. The molecule has 1 amide bonds. The van der Waals surface area contributed by atoms with Gasteiger partial charge in [0, 0.05) is 18.7 Å². The third kappa shape index (κ3) is 3.80. The van der Waals surface area contributed by atoms with Crippen molar-refractivity contribution >= 4 is 5.91 Å². The van der Waals surface area contributed by atoms with E-state index >= 15 is 0 Å². The maximum absolute atomic E-state index is 13.1. The van der Waals surface area contributed by atoms with Crippen LogP contribution in [0.1, 0.15) is 29.5 Å². The molecular weight excluding hydrogens is 327 g/mol. The second-order valence-electron chi connectivity index (χ2n) is 7.63. The van der Waals surface area contributed by atoms with Gasteiger partial charge in [0.15, 0.2) is 0 Å². The molecular formula is C22H26FN2O+. The lowest BCUT2D eigenvalue weighted by Gasteiger charge is -2.35. The van der Waals surface area contributed by atoms with Crippen molar-refractivity contribution in [2.75, 3.05) is 19.6 Å². The number of rotatable bonds is 3. The van der Waals surface area contributed by atoms with Gasteiger partial charge in [-0.3, -0.25) is 4.79 Å². The zero-order chi connectivity index (χ0) is 17.9. The van der Waals surface area contributed by atoms with Gasteiger partial charge in [-0.05, 0) is 42.5 Å². The maximum Gasteiger partial charge on any atom is 0.231 e. The summed E-state index contributed by atoms with van der Waals surface area (Å²) in [5.74, 6) is 0.237. The Balaban J connectivity index is 1.38. The van der Waals surface area contributed by atoms with E-state index in [9.17, 15) is 9.18 Å². The molecule has 1 N–H and O–H groups in total. The Bertz CT molecular complexity index is 774. The van der Waals surface area contributed by atoms with Gasteiger partial charge in [-0.1, -0.05) is 36.4 Å². The number of quaternary nitrogens is 1. The highest BCUT2D eigenvalue weighted by Gasteiger charge is 2.33. The average Bonchev–Trinajstić information content (AvgIpc) is 2.69. The summed E-state index contributed by atoms with van der Waals surface area (Å²) in [6, 6.07) is 15.2. The van der Waals surface area contributed by atoms with E-state index in [1.165, 1.54) is 28.2 Å². The number of carbonyl (C=O) groups is 1. The lowest BCUT2D eigenvalue weighted by atomic mass is 9.93. The van der Waals surface area contributed by atoms with E-state index in [0.717, 1.165) is 57.5 Å². The van der Waals surface area contributed by atoms with Gasteiger partial charge in [-0.15, -0.1) is 0 Å². The summed E-state index contributed by atoms with van der Waals surface area (Å²) < 4.78 is 13.1. The van der Waals surface area contributed by atoms with Crippen LogP contribution in [0.4, 0.5) is 4.39 Å². The molecule has 4 rings (SSSR count). The Morgan fingerprint density at radius 2 is 1.88 bits per heavy atom. The zero-order valence-electron chi connectivity index (χ0n) is 15.1. The second kappa shape index (κ2) is 7.58. The molecule has 4 heteroatoms. The van der Waals surface area contributed by atoms with Gasteiger partial charge in [-0.25, -0.2) is 4.39 Å². The molecule has 2 aliphatic heterocycles. The molecule has 2 heterocycles. The summed E-state index contributed by atoms with van der Waals surface area (Å²) in [4.78, 5) is 16.5. The molecule has 1 fully saturated rings. The monoisotopic (exact) mass is 353 g/mol. The largest absolute Gasteiger partial charge is 0.338 e. The van der Waals surface area contributed by atoms with Crippen molar-refractivity contribution in [1.29, 1.82) is 0 Å². The fourth-order valence-corrected chi connectivity index (χ4v) is 4.36. The van der Waals surface area contributed by atoms with Crippen LogP contribution in [0.3, 0.4) is 0 Å². The molecule has 0 aliphatic carbocycles. The molecule has 1 unspecified atom stereocenters. The summed E-state index contributed by atoms with van der Waals surface area (Å²) >= 11 is 0. The van der Waals surface area contributed by atoms with Crippen LogP contribution in [0, 0.1) is 11.7 Å². The standard InChI is InChI=1S/C22H25FN2O/c23-21-9-7-17(8-10-21)14-24-12-3-6-20(15-24)22(26)25-13-11-18-4-1-2-5-19(18)16-25/h1-2,4-5,7-10,20H,3,6,11-16H2/p+1/t20-/m0/s1. The number of benzene rings is 2. The summed E-state index contributed by atoms with van der Waals surface area (Å²) in [6.07, 6.45) is 3.03. The lowest BCUT2D eigenvalue weighted by Crippen LogP contribution is -3.12. The molecule has 0 bridgehead atoms. The Morgan fingerprint density at radius 3 is 2.69 bits per heavy atom. The van der Waals surface area contributed by atoms with Crippen molar-refractivity contribution in [3.8, 4) is 0 Å². The average molecular weight is 353 g/mol. The van der Waals surface area contributed by atoms with E-state index in [1.54, 1.807) is 0 Å². The first kappa shape index (κ1) is 17.2. The summed E-state index contributed by atoms with van der Waals surface area (Å²) in [5.41, 5.74) is 3.81. The number of likely N-dealkylation sites (tertiary alicyclic amines) is 1. The summed E-state index contributed by atoms with van der Waals surface area (Å²) in [6.45, 7) is 4.42. The molecule has 0 aromatic heterocycles. The highest BCUT2D eigenvalue weighted by atomic mass is 19.1. The molecule has 1 saturated heterocycles. The highest BCUT2D eigenvalue weighted by Crippen LogP contribution is 2.21. The van der Waals surface area contributed by atoms with Gasteiger partial charge in [0.25, 0.3) is 0 Å². The number of hydrogen-bond acceptors (Lipinski definition) is 1. The third-order valence-corrected chi connectivity index (χ3v) is 5.78. The first-order chi connectivity index (χ1) is 12.7. The first-order valence-corrected chi connectivity index (χ1v) is 9.62. The molecule has 2 aliphatic rings. The van der Waals surface area contributed by atoms with E-state index in [2.05, 4.69) is 24.3 Å². The molecule has 2 atom stereocenters. The maximum atomic E-state index is 13.1. The molecule has 26 heavy (non-hydrogen) atoms. The topological polar surface area (TPSA) is 24.8 Å². The first-order valence-electron chi connectivity index (χ1n) is 9.62. The number of piperidine rings is 1. The van der Waals surface area contributed by atoms with Crippen LogP contribution in [-0.4, -0.2) is 30.4 Å². The van der Waals surface area contributed by atoms with Crippen molar-refractivity contribution in [3.05, 3.63) is 71.0 Å². The van der Waals surface area contributed by atoms with E-state index in [1.807, 2.05) is 17.0 Å². The summed E-state index contributed by atoms with van der Waals surface area (Å²) in [7, 11) is 0. The van der Waals surface area contributed by atoms with Crippen molar-refractivity contribution in [1.82, 2.24) is 4.90 Å². The molecule has 0 spiro atoms. The minimum atomic E-state index is -0.194. The Morgan fingerprint density at radius 1 is 1.12 bits per heavy atom. The van der Waals surface area contributed by atoms with Crippen LogP contribution in [-0.2, 0) is 24.3 Å². The van der Waals surface area contributed by atoms with Gasteiger partial charge >= 0.3 is 0 Å². The molecule has 0 saturated carbocycles. The Hall–Kier alpha value is -2.20. The fraction of sp³-hybridized carbons (Fsp3) is 0.409. The number of hydrogen-bond donors (Lipinski definition) is 1. The number of fused-ring (bicyclic) bond motifs is 1. The second-order valence-corrected chi connectivity index (χ2v) is 7.63. The van der Waals surface area contributed by atoms with Gasteiger partial charge in [0.1, 0.15) is 12.4 Å². The minimum Gasteiger partial charge on any atom is -0.338 e. The predicted molar refractivity (Wildman–Crippen MR) is 99.1 cm³/mol. The van der Waals surface area contributed by atoms with Crippen molar-refractivity contribution < 1.29 is 14.1 Å². The number of amides is 1. The Kier molecular flexibility index (Phi) is 5.02. The smallest absolute Gasteiger partial charge is 0.231 e. The normalized spacial score (nSPS) is 22.7. The molecule has 0 radical (unpaired) electrons. The number of nitrogens with one attached hydrogen (secondary N) is 1. The molecule has 136 valence electrons. The number of nitrogens with zero attached hydrogens (tertiary/aromatic N) is 1. The SMILES string of the molecule is O=C([C@H]1CCC[NH+](Cc2ccc(F)cc2)C1)N1CCc2ccccc2C1. The number of carbonyl (C=O) groups excluding carboxylic acids is 1. The van der Waals surface area contributed by atoms with Crippen molar-refractivity contribution in [2.45, 2.75) is 32.4 Å². The van der Waals surface area contributed by atoms with Crippen molar-refractivity contribution in [3.63, 3.8) is 0 Å². The molecule has 2 aromatic rings.